The third-order valence-electron chi connectivity index (χ3n) is 4.73. The van der Waals surface area contributed by atoms with E-state index in [0.717, 1.165) is 19.4 Å². The van der Waals surface area contributed by atoms with Gasteiger partial charge < -0.3 is 5.32 Å². The van der Waals surface area contributed by atoms with E-state index in [1.165, 1.54) is 30.7 Å². The van der Waals surface area contributed by atoms with E-state index in [2.05, 4.69) is 50.7 Å². The van der Waals surface area contributed by atoms with Crippen molar-refractivity contribution in [2.45, 2.75) is 78.8 Å². The molecule has 0 spiro atoms. The third-order valence-corrected chi connectivity index (χ3v) is 4.73. The molecule has 3 heteroatoms. The predicted octanol–water partition coefficient (Wildman–Crippen LogP) is 3.74. The van der Waals surface area contributed by atoms with Crippen LogP contribution in [0.2, 0.25) is 0 Å². The Morgan fingerprint density at radius 3 is 2.65 bits per heavy atom. The van der Waals surface area contributed by atoms with Gasteiger partial charge in [-0.2, -0.15) is 5.10 Å². The van der Waals surface area contributed by atoms with Gasteiger partial charge >= 0.3 is 0 Å². The molecular weight excluding hydrogens is 246 g/mol. The molecule has 2 unspecified atom stereocenters. The molecule has 0 radical (unpaired) electrons. The highest BCUT2D eigenvalue weighted by molar-refractivity contribution is 5.12. The lowest BCUT2D eigenvalue weighted by Gasteiger charge is -2.41. The number of aromatic nitrogens is 2. The second-order valence-corrected chi connectivity index (χ2v) is 6.92. The van der Waals surface area contributed by atoms with E-state index >= 15 is 0 Å². The van der Waals surface area contributed by atoms with E-state index in [9.17, 15) is 0 Å². The van der Waals surface area contributed by atoms with Crippen molar-refractivity contribution in [3.8, 4) is 0 Å². The van der Waals surface area contributed by atoms with Crippen molar-refractivity contribution in [2.75, 3.05) is 6.54 Å². The first kappa shape index (κ1) is 15.6. The van der Waals surface area contributed by atoms with Crippen LogP contribution in [0, 0.1) is 5.41 Å². The topological polar surface area (TPSA) is 29.9 Å². The number of nitrogens with zero attached hydrogens (tertiary/aromatic N) is 2. The number of hydrogen-bond donors (Lipinski definition) is 1. The molecule has 0 amide bonds. The van der Waals surface area contributed by atoms with Crippen molar-refractivity contribution in [1.29, 1.82) is 0 Å². The molecule has 1 N–H and O–H groups in total. The molecule has 0 bridgehead atoms. The number of aryl methyl sites for hydroxylation is 2. The van der Waals surface area contributed by atoms with Crippen LogP contribution >= 0.6 is 0 Å². The molecule has 1 aliphatic carbocycles. The first-order valence-corrected chi connectivity index (χ1v) is 8.31. The first-order valence-electron chi connectivity index (χ1n) is 8.31. The molecule has 1 saturated carbocycles. The lowest BCUT2D eigenvalue weighted by molar-refractivity contribution is 0.133. The fourth-order valence-corrected chi connectivity index (χ4v) is 3.52. The highest BCUT2D eigenvalue weighted by Crippen LogP contribution is 2.41. The Hall–Kier alpha value is -0.830. The fourth-order valence-electron chi connectivity index (χ4n) is 3.52. The Bertz CT molecular complexity index is 433. The molecule has 0 aromatic carbocycles. The summed E-state index contributed by atoms with van der Waals surface area (Å²) in [6.07, 6.45) is 5.90. The average molecular weight is 277 g/mol. The lowest BCUT2D eigenvalue weighted by atomic mass is 9.73. The van der Waals surface area contributed by atoms with Gasteiger partial charge in [-0.05, 0) is 50.1 Å². The molecule has 1 aromatic rings. The summed E-state index contributed by atoms with van der Waals surface area (Å²) in [5.74, 6) is 0. The van der Waals surface area contributed by atoms with Crippen LogP contribution in [0.5, 0.6) is 0 Å². The zero-order valence-corrected chi connectivity index (χ0v) is 13.9. The van der Waals surface area contributed by atoms with Gasteiger partial charge in [-0.3, -0.25) is 4.68 Å². The highest BCUT2D eigenvalue weighted by atomic mass is 15.3. The molecule has 2 atom stereocenters. The summed E-state index contributed by atoms with van der Waals surface area (Å²) in [6, 6.07) is 3.38. The number of likely N-dealkylation sites (N-methyl/N-ethyl adjacent to an activating group) is 1. The molecule has 1 heterocycles. The molecule has 114 valence electrons. The van der Waals surface area contributed by atoms with Gasteiger partial charge in [-0.15, -0.1) is 0 Å². The van der Waals surface area contributed by atoms with Gasteiger partial charge in [0, 0.05) is 11.7 Å². The Kier molecular flexibility index (Phi) is 4.90. The summed E-state index contributed by atoms with van der Waals surface area (Å²) in [5, 5.41) is 8.59. The molecule has 0 aliphatic heterocycles. The van der Waals surface area contributed by atoms with Gasteiger partial charge in [0.15, 0.2) is 0 Å². The van der Waals surface area contributed by atoms with Gasteiger partial charge in [0.25, 0.3) is 0 Å². The average Bonchev–Trinajstić information content (AvgIpc) is 2.84. The van der Waals surface area contributed by atoms with Crippen LogP contribution in [0.15, 0.2) is 6.07 Å². The summed E-state index contributed by atoms with van der Waals surface area (Å²) in [4.78, 5) is 0. The largest absolute Gasteiger partial charge is 0.312 e. The van der Waals surface area contributed by atoms with Crippen LogP contribution < -0.4 is 5.32 Å². The Morgan fingerprint density at radius 1 is 1.30 bits per heavy atom. The molecule has 0 saturated heterocycles. The minimum Gasteiger partial charge on any atom is -0.312 e. The number of nitrogens with one attached hydrogen (secondary N) is 1. The summed E-state index contributed by atoms with van der Waals surface area (Å²) in [6.45, 7) is 12.5. The fraction of sp³-hybridized carbons (Fsp3) is 0.824. The van der Waals surface area contributed by atoms with Crippen molar-refractivity contribution in [1.82, 2.24) is 15.1 Å². The van der Waals surface area contributed by atoms with Gasteiger partial charge in [0.1, 0.15) is 0 Å². The zero-order chi connectivity index (χ0) is 14.8. The number of rotatable bonds is 5. The van der Waals surface area contributed by atoms with E-state index < -0.39 is 0 Å². The molecule has 2 rings (SSSR count). The maximum atomic E-state index is 4.90. The van der Waals surface area contributed by atoms with Gasteiger partial charge in [-0.25, -0.2) is 0 Å². The van der Waals surface area contributed by atoms with Gasteiger partial charge in [0.05, 0.1) is 11.7 Å². The summed E-state index contributed by atoms with van der Waals surface area (Å²) in [5.41, 5.74) is 3.06. The normalized spacial score (nSPS) is 25.9. The first-order chi connectivity index (χ1) is 9.50. The van der Waals surface area contributed by atoms with Crippen molar-refractivity contribution >= 4 is 0 Å². The van der Waals surface area contributed by atoms with E-state index in [4.69, 9.17) is 5.10 Å². The minimum absolute atomic E-state index is 0.430. The van der Waals surface area contributed by atoms with E-state index in [1.54, 1.807) is 0 Å². The van der Waals surface area contributed by atoms with Crippen molar-refractivity contribution in [2.24, 2.45) is 5.41 Å². The maximum absolute atomic E-state index is 4.90. The van der Waals surface area contributed by atoms with Crippen molar-refractivity contribution in [3.05, 3.63) is 17.5 Å². The van der Waals surface area contributed by atoms with Gasteiger partial charge in [-0.1, -0.05) is 34.6 Å². The maximum Gasteiger partial charge on any atom is 0.0680 e. The minimum atomic E-state index is 0.430. The molecule has 20 heavy (non-hydrogen) atoms. The van der Waals surface area contributed by atoms with Crippen LogP contribution in [-0.4, -0.2) is 22.4 Å². The second-order valence-electron chi connectivity index (χ2n) is 6.92. The monoisotopic (exact) mass is 277 g/mol. The Labute approximate surface area is 124 Å². The van der Waals surface area contributed by atoms with Crippen LogP contribution in [0.4, 0.5) is 0 Å². The quantitative estimate of drug-likeness (QED) is 0.888. The molecule has 3 nitrogen and oxygen atoms in total. The second kappa shape index (κ2) is 6.30. The standard InChI is InChI=1S/C17H31N3/c1-6-13-11-14(7-2)20(19-13)16-12-17(4,5)10-9-15(16)18-8-3/h11,15-16,18H,6-10,12H2,1-5H3. The highest BCUT2D eigenvalue weighted by Gasteiger charge is 2.36. The van der Waals surface area contributed by atoms with E-state index in [-0.39, 0.29) is 0 Å². The van der Waals surface area contributed by atoms with Crippen LogP contribution in [0.3, 0.4) is 0 Å². The zero-order valence-electron chi connectivity index (χ0n) is 13.9. The van der Waals surface area contributed by atoms with Crippen LogP contribution in [-0.2, 0) is 12.8 Å². The Morgan fingerprint density at radius 2 is 2.05 bits per heavy atom. The predicted molar refractivity (Wildman–Crippen MR) is 85.1 cm³/mol. The van der Waals surface area contributed by atoms with Crippen molar-refractivity contribution < 1.29 is 0 Å². The van der Waals surface area contributed by atoms with Crippen molar-refractivity contribution in [3.63, 3.8) is 0 Å². The Balaban J connectivity index is 2.31. The SMILES string of the molecule is CCNC1CCC(C)(C)CC1n1nc(CC)cc1CC. The summed E-state index contributed by atoms with van der Waals surface area (Å²) >= 11 is 0. The van der Waals surface area contributed by atoms with Crippen LogP contribution in [0.25, 0.3) is 0 Å². The van der Waals surface area contributed by atoms with E-state index in [0.29, 0.717) is 17.5 Å². The molecular formula is C17H31N3. The van der Waals surface area contributed by atoms with Crippen LogP contribution in [0.1, 0.15) is 71.3 Å². The van der Waals surface area contributed by atoms with E-state index in [1.807, 2.05) is 0 Å². The molecule has 1 fully saturated rings. The molecule has 1 aliphatic rings. The summed E-state index contributed by atoms with van der Waals surface area (Å²) < 4.78 is 2.34. The molecule has 1 aromatic heterocycles. The van der Waals surface area contributed by atoms with Gasteiger partial charge in [0.2, 0.25) is 0 Å². The smallest absolute Gasteiger partial charge is 0.0680 e. The summed E-state index contributed by atoms with van der Waals surface area (Å²) in [7, 11) is 0. The lowest BCUT2D eigenvalue weighted by Crippen LogP contribution is -2.44. The number of hydrogen-bond acceptors (Lipinski definition) is 2. The third kappa shape index (κ3) is 3.25.